The number of guanidine groups is 1. The topological polar surface area (TPSA) is 55.3 Å². The highest BCUT2D eigenvalue weighted by Crippen LogP contribution is 2.18. The predicted molar refractivity (Wildman–Crippen MR) is 114 cm³/mol. The van der Waals surface area contributed by atoms with Gasteiger partial charge in [0.1, 0.15) is 12.4 Å². The minimum atomic E-state index is 0.350. The number of piperidine rings is 1. The molecule has 0 unspecified atom stereocenters. The van der Waals surface area contributed by atoms with Gasteiger partial charge in [0.15, 0.2) is 5.96 Å². The van der Waals surface area contributed by atoms with Crippen molar-refractivity contribution in [3.05, 3.63) is 29.8 Å². The van der Waals surface area contributed by atoms with Crippen molar-refractivity contribution in [2.24, 2.45) is 4.99 Å². The summed E-state index contributed by atoms with van der Waals surface area (Å²) < 4.78 is 16.8. The summed E-state index contributed by atoms with van der Waals surface area (Å²) in [4.78, 5) is 6.72. The Morgan fingerprint density at radius 2 is 1.86 bits per heavy atom. The minimum absolute atomic E-state index is 0.350. The summed E-state index contributed by atoms with van der Waals surface area (Å²) in [5.74, 6) is 2.39. The van der Waals surface area contributed by atoms with E-state index in [-0.39, 0.29) is 0 Å². The van der Waals surface area contributed by atoms with Gasteiger partial charge in [-0.1, -0.05) is 26.0 Å². The number of hydrogen-bond acceptors (Lipinski definition) is 4. The highest BCUT2D eigenvalue weighted by atomic mass is 16.5. The Bertz CT molecular complexity index is 567. The lowest BCUT2D eigenvalue weighted by atomic mass is 10.0. The monoisotopic (exact) mass is 391 g/mol. The van der Waals surface area contributed by atoms with Gasteiger partial charge in [-0.05, 0) is 42.9 Å². The van der Waals surface area contributed by atoms with Crippen LogP contribution in [0.4, 0.5) is 0 Å². The van der Waals surface area contributed by atoms with Crippen LogP contribution in [-0.2, 0) is 9.47 Å². The molecule has 1 aromatic rings. The van der Waals surface area contributed by atoms with Crippen LogP contribution < -0.4 is 10.1 Å². The third kappa shape index (κ3) is 7.68. The van der Waals surface area contributed by atoms with E-state index in [1.807, 2.05) is 19.2 Å². The standard InChI is InChI=1S/C22H37N3O3/c1-18(2)19-6-8-20(9-7-19)28-17-12-24-22(23-3)25-13-10-21(11-14-25)27-16-5-15-26-4/h6-9,18,21H,5,10-17H2,1-4H3,(H,23,24). The zero-order chi connectivity index (χ0) is 20.2. The maximum absolute atomic E-state index is 5.93. The molecule has 6 heteroatoms. The Kier molecular flexibility index (Phi) is 10.1. The van der Waals surface area contributed by atoms with Crippen molar-refractivity contribution in [2.75, 3.05) is 53.6 Å². The minimum Gasteiger partial charge on any atom is -0.492 e. The van der Waals surface area contributed by atoms with Crippen LogP contribution in [0.25, 0.3) is 0 Å². The van der Waals surface area contributed by atoms with Gasteiger partial charge in [-0.2, -0.15) is 0 Å². The number of aliphatic imine (C=N–C) groups is 1. The van der Waals surface area contributed by atoms with E-state index in [0.717, 1.165) is 63.8 Å². The largest absolute Gasteiger partial charge is 0.492 e. The molecule has 6 nitrogen and oxygen atoms in total. The molecule has 158 valence electrons. The summed E-state index contributed by atoms with van der Waals surface area (Å²) in [5.41, 5.74) is 1.33. The summed E-state index contributed by atoms with van der Waals surface area (Å²) in [6.07, 6.45) is 3.38. The van der Waals surface area contributed by atoms with Crippen molar-refractivity contribution in [2.45, 2.75) is 45.1 Å². The van der Waals surface area contributed by atoms with Gasteiger partial charge in [-0.25, -0.2) is 0 Å². The van der Waals surface area contributed by atoms with Crippen LogP contribution >= 0.6 is 0 Å². The molecule has 1 heterocycles. The van der Waals surface area contributed by atoms with Gasteiger partial charge in [0, 0.05) is 40.5 Å². The van der Waals surface area contributed by atoms with Crippen LogP contribution in [0.1, 0.15) is 44.6 Å². The molecule has 0 aliphatic carbocycles. The molecule has 2 rings (SSSR count). The maximum atomic E-state index is 5.93. The number of methoxy groups -OCH3 is 1. The molecule has 0 spiro atoms. The zero-order valence-corrected chi connectivity index (χ0v) is 17.9. The van der Waals surface area contributed by atoms with Crippen LogP contribution in [0.15, 0.2) is 29.3 Å². The average molecular weight is 392 g/mol. The van der Waals surface area contributed by atoms with Crippen molar-refractivity contribution in [3.8, 4) is 5.75 Å². The van der Waals surface area contributed by atoms with E-state index in [1.165, 1.54) is 5.56 Å². The van der Waals surface area contributed by atoms with Crippen molar-refractivity contribution in [1.29, 1.82) is 0 Å². The molecule has 0 amide bonds. The van der Waals surface area contributed by atoms with E-state index in [0.29, 0.717) is 18.6 Å². The molecular formula is C22H37N3O3. The number of ether oxygens (including phenoxy) is 3. The third-order valence-electron chi connectivity index (χ3n) is 5.00. The molecule has 0 radical (unpaired) electrons. The van der Waals surface area contributed by atoms with Crippen LogP contribution in [0.2, 0.25) is 0 Å². The average Bonchev–Trinajstić information content (AvgIpc) is 2.72. The Balaban J connectivity index is 1.63. The van der Waals surface area contributed by atoms with Gasteiger partial charge in [0.2, 0.25) is 0 Å². The second-order valence-electron chi connectivity index (χ2n) is 7.45. The van der Waals surface area contributed by atoms with Crippen LogP contribution in [-0.4, -0.2) is 70.6 Å². The third-order valence-corrected chi connectivity index (χ3v) is 5.00. The molecule has 1 N–H and O–H groups in total. The smallest absolute Gasteiger partial charge is 0.193 e. The molecule has 1 aliphatic heterocycles. The molecule has 1 fully saturated rings. The predicted octanol–water partition coefficient (Wildman–Crippen LogP) is 3.28. The molecule has 1 aliphatic rings. The molecular weight excluding hydrogens is 354 g/mol. The van der Waals surface area contributed by atoms with E-state index in [4.69, 9.17) is 14.2 Å². The van der Waals surface area contributed by atoms with Gasteiger partial charge in [0.25, 0.3) is 0 Å². The summed E-state index contributed by atoms with van der Waals surface area (Å²) in [7, 11) is 3.56. The normalized spacial score (nSPS) is 15.9. The van der Waals surface area contributed by atoms with Gasteiger partial charge in [-0.3, -0.25) is 4.99 Å². The lowest BCUT2D eigenvalue weighted by Gasteiger charge is -2.34. The summed E-state index contributed by atoms with van der Waals surface area (Å²) in [5, 5.41) is 3.41. The van der Waals surface area contributed by atoms with Gasteiger partial charge >= 0.3 is 0 Å². The van der Waals surface area contributed by atoms with Gasteiger partial charge in [-0.15, -0.1) is 0 Å². The first-order valence-electron chi connectivity index (χ1n) is 10.4. The molecule has 0 bridgehead atoms. The first kappa shape index (κ1) is 22.5. The van der Waals surface area contributed by atoms with E-state index in [9.17, 15) is 0 Å². The quantitative estimate of drug-likeness (QED) is 0.377. The lowest BCUT2D eigenvalue weighted by molar-refractivity contribution is 0.00989. The number of nitrogens with zero attached hydrogens (tertiary/aromatic N) is 2. The Morgan fingerprint density at radius 3 is 2.46 bits per heavy atom. The van der Waals surface area contributed by atoms with Crippen molar-refractivity contribution < 1.29 is 14.2 Å². The van der Waals surface area contributed by atoms with Crippen molar-refractivity contribution >= 4 is 5.96 Å². The van der Waals surface area contributed by atoms with Crippen molar-refractivity contribution in [3.63, 3.8) is 0 Å². The maximum Gasteiger partial charge on any atom is 0.193 e. The second kappa shape index (κ2) is 12.6. The molecule has 0 saturated carbocycles. The van der Waals surface area contributed by atoms with Crippen LogP contribution in [0.3, 0.4) is 0 Å². The number of rotatable bonds is 10. The lowest BCUT2D eigenvalue weighted by Crippen LogP contribution is -2.47. The highest BCUT2D eigenvalue weighted by molar-refractivity contribution is 5.79. The van der Waals surface area contributed by atoms with E-state index in [2.05, 4.69) is 41.2 Å². The van der Waals surface area contributed by atoms with Crippen LogP contribution in [0.5, 0.6) is 5.75 Å². The summed E-state index contributed by atoms with van der Waals surface area (Å²) >= 11 is 0. The molecule has 1 saturated heterocycles. The Labute approximate surface area is 170 Å². The fourth-order valence-corrected chi connectivity index (χ4v) is 3.30. The fraction of sp³-hybridized carbons (Fsp3) is 0.682. The number of likely N-dealkylation sites (tertiary alicyclic amines) is 1. The van der Waals surface area contributed by atoms with Crippen molar-refractivity contribution in [1.82, 2.24) is 10.2 Å². The second-order valence-corrected chi connectivity index (χ2v) is 7.45. The van der Waals surface area contributed by atoms with Gasteiger partial charge < -0.3 is 24.4 Å². The molecule has 28 heavy (non-hydrogen) atoms. The first-order chi connectivity index (χ1) is 13.6. The highest BCUT2D eigenvalue weighted by Gasteiger charge is 2.21. The van der Waals surface area contributed by atoms with E-state index in [1.54, 1.807) is 7.11 Å². The van der Waals surface area contributed by atoms with Gasteiger partial charge in [0.05, 0.1) is 12.6 Å². The van der Waals surface area contributed by atoms with E-state index >= 15 is 0 Å². The number of hydrogen-bond donors (Lipinski definition) is 1. The molecule has 1 aromatic carbocycles. The van der Waals surface area contributed by atoms with Crippen LogP contribution in [0, 0.1) is 0 Å². The SMILES string of the molecule is CN=C(NCCOc1ccc(C(C)C)cc1)N1CCC(OCCCOC)CC1. The molecule has 0 atom stereocenters. The first-order valence-corrected chi connectivity index (χ1v) is 10.4. The Morgan fingerprint density at radius 1 is 1.14 bits per heavy atom. The van der Waals surface area contributed by atoms with E-state index < -0.39 is 0 Å². The molecule has 0 aromatic heterocycles. The number of nitrogens with one attached hydrogen (secondary N) is 1. The summed E-state index contributed by atoms with van der Waals surface area (Å²) in [6, 6.07) is 8.35. The summed E-state index contributed by atoms with van der Waals surface area (Å²) in [6.45, 7) is 9.20. The fourth-order valence-electron chi connectivity index (χ4n) is 3.30. The Hall–Kier alpha value is -1.79. The zero-order valence-electron chi connectivity index (χ0n) is 17.9. The number of benzene rings is 1.